The second kappa shape index (κ2) is 7.70. The highest BCUT2D eigenvalue weighted by molar-refractivity contribution is 5.77. The lowest BCUT2D eigenvalue weighted by Crippen LogP contribution is -2.53. The Bertz CT molecular complexity index is 858. The van der Waals surface area contributed by atoms with Gasteiger partial charge in [-0.15, -0.1) is 0 Å². The molecule has 0 aliphatic carbocycles. The van der Waals surface area contributed by atoms with Crippen molar-refractivity contribution in [3.8, 4) is 5.69 Å². The lowest BCUT2D eigenvalue weighted by molar-refractivity contribution is -0.139. The Morgan fingerprint density at radius 1 is 1.14 bits per heavy atom. The van der Waals surface area contributed by atoms with E-state index in [-0.39, 0.29) is 5.41 Å². The quantitative estimate of drug-likeness (QED) is 0.812. The van der Waals surface area contributed by atoms with Crippen molar-refractivity contribution in [3.05, 3.63) is 47.3 Å². The molecule has 3 heterocycles. The summed E-state index contributed by atoms with van der Waals surface area (Å²) >= 11 is 0. The fourth-order valence-electron chi connectivity index (χ4n) is 5.13. The van der Waals surface area contributed by atoms with Crippen LogP contribution in [0.1, 0.15) is 49.6 Å². The van der Waals surface area contributed by atoms with Crippen LogP contribution in [0.25, 0.3) is 5.69 Å². The van der Waals surface area contributed by atoms with Crippen LogP contribution in [-0.4, -0.2) is 51.7 Å². The molecule has 0 saturated carbocycles. The number of hydrogen-bond donors (Lipinski definition) is 0. The van der Waals surface area contributed by atoms with E-state index in [2.05, 4.69) is 58.7 Å². The SMILES string of the molecule is CCN1CC2(CCCN(Cc3ccccc3-n3nc(C)cc3C)C2)CCC1=O. The van der Waals surface area contributed by atoms with Crippen molar-refractivity contribution in [2.24, 2.45) is 5.41 Å². The minimum atomic E-state index is 0.273. The number of aromatic nitrogens is 2. The molecule has 5 heteroatoms. The number of aryl methyl sites for hydroxylation is 2. The number of rotatable bonds is 4. The van der Waals surface area contributed by atoms with Crippen molar-refractivity contribution in [2.75, 3.05) is 26.2 Å². The number of nitrogens with zero attached hydrogens (tertiary/aromatic N) is 4. The predicted molar refractivity (Wildman–Crippen MR) is 111 cm³/mol. The highest BCUT2D eigenvalue weighted by Crippen LogP contribution is 2.39. The summed E-state index contributed by atoms with van der Waals surface area (Å²) in [5.74, 6) is 0.333. The molecule has 0 N–H and O–H groups in total. The van der Waals surface area contributed by atoms with E-state index >= 15 is 0 Å². The molecule has 2 saturated heterocycles. The number of benzene rings is 1. The molecule has 2 fully saturated rings. The number of carbonyl (C=O) groups is 1. The van der Waals surface area contributed by atoms with E-state index in [4.69, 9.17) is 5.10 Å². The fraction of sp³-hybridized carbons (Fsp3) is 0.565. The van der Waals surface area contributed by atoms with Crippen molar-refractivity contribution in [2.45, 2.75) is 53.0 Å². The number of piperidine rings is 2. The molecule has 4 rings (SSSR count). The Hall–Kier alpha value is -2.14. The molecule has 1 spiro atoms. The number of likely N-dealkylation sites (tertiary alicyclic amines) is 2. The Morgan fingerprint density at radius 3 is 2.71 bits per heavy atom. The third-order valence-electron chi connectivity index (χ3n) is 6.49. The molecule has 1 atom stereocenters. The first-order chi connectivity index (χ1) is 13.5. The van der Waals surface area contributed by atoms with E-state index in [1.165, 1.54) is 29.8 Å². The molecule has 1 amide bonds. The van der Waals surface area contributed by atoms with Gasteiger partial charge in [0.15, 0.2) is 0 Å². The number of hydrogen-bond acceptors (Lipinski definition) is 3. The summed E-state index contributed by atoms with van der Waals surface area (Å²) in [4.78, 5) is 16.8. The van der Waals surface area contributed by atoms with E-state index in [0.717, 1.165) is 44.8 Å². The van der Waals surface area contributed by atoms with Gasteiger partial charge in [-0.1, -0.05) is 18.2 Å². The minimum absolute atomic E-state index is 0.273. The molecule has 5 nitrogen and oxygen atoms in total. The molecule has 1 aromatic heterocycles. The Kier molecular flexibility index (Phi) is 5.28. The van der Waals surface area contributed by atoms with E-state index in [0.29, 0.717) is 12.3 Å². The third-order valence-corrected chi connectivity index (χ3v) is 6.49. The van der Waals surface area contributed by atoms with Gasteiger partial charge in [-0.2, -0.15) is 5.10 Å². The molecule has 150 valence electrons. The van der Waals surface area contributed by atoms with Crippen molar-refractivity contribution >= 4 is 5.91 Å². The van der Waals surface area contributed by atoms with E-state index in [9.17, 15) is 4.79 Å². The molecule has 2 aliphatic rings. The summed E-state index contributed by atoms with van der Waals surface area (Å²) in [6, 6.07) is 10.8. The zero-order valence-electron chi connectivity index (χ0n) is 17.4. The first kappa shape index (κ1) is 19.2. The molecular formula is C23H32N4O. The Morgan fingerprint density at radius 2 is 1.96 bits per heavy atom. The van der Waals surface area contributed by atoms with Gasteiger partial charge in [0.25, 0.3) is 0 Å². The van der Waals surface area contributed by atoms with Gasteiger partial charge >= 0.3 is 0 Å². The lowest BCUT2D eigenvalue weighted by Gasteiger charge is -2.48. The van der Waals surface area contributed by atoms with Gasteiger partial charge in [-0.25, -0.2) is 4.68 Å². The topological polar surface area (TPSA) is 41.4 Å². The maximum atomic E-state index is 12.2. The number of amides is 1. The molecule has 0 radical (unpaired) electrons. The predicted octanol–water partition coefficient (Wildman–Crippen LogP) is 3.71. The van der Waals surface area contributed by atoms with E-state index in [1.54, 1.807) is 0 Å². The van der Waals surface area contributed by atoms with Gasteiger partial charge in [0.1, 0.15) is 0 Å². The zero-order chi connectivity index (χ0) is 19.7. The number of para-hydroxylation sites is 1. The maximum absolute atomic E-state index is 12.2. The molecule has 1 unspecified atom stereocenters. The largest absolute Gasteiger partial charge is 0.342 e. The molecule has 1 aromatic carbocycles. The summed E-state index contributed by atoms with van der Waals surface area (Å²) < 4.78 is 2.07. The molecule has 28 heavy (non-hydrogen) atoms. The average molecular weight is 381 g/mol. The highest BCUT2D eigenvalue weighted by Gasteiger charge is 2.41. The zero-order valence-corrected chi connectivity index (χ0v) is 17.4. The van der Waals surface area contributed by atoms with Crippen LogP contribution in [0.15, 0.2) is 30.3 Å². The van der Waals surface area contributed by atoms with Gasteiger partial charge in [0.05, 0.1) is 11.4 Å². The molecule has 2 aliphatic heterocycles. The van der Waals surface area contributed by atoms with Crippen molar-refractivity contribution in [1.82, 2.24) is 19.6 Å². The van der Waals surface area contributed by atoms with Crippen LogP contribution in [0.3, 0.4) is 0 Å². The normalized spacial score (nSPS) is 23.5. The summed E-state index contributed by atoms with van der Waals surface area (Å²) in [5.41, 5.74) is 5.00. The van der Waals surface area contributed by atoms with E-state index < -0.39 is 0 Å². The van der Waals surface area contributed by atoms with Crippen LogP contribution < -0.4 is 0 Å². The van der Waals surface area contributed by atoms with Crippen molar-refractivity contribution in [1.29, 1.82) is 0 Å². The fourth-order valence-corrected chi connectivity index (χ4v) is 5.13. The smallest absolute Gasteiger partial charge is 0.222 e. The van der Waals surface area contributed by atoms with Crippen LogP contribution >= 0.6 is 0 Å². The first-order valence-corrected chi connectivity index (χ1v) is 10.6. The second-order valence-corrected chi connectivity index (χ2v) is 8.69. The Balaban J connectivity index is 1.54. The molecule has 2 aromatic rings. The second-order valence-electron chi connectivity index (χ2n) is 8.69. The van der Waals surface area contributed by atoms with E-state index in [1.807, 2.05) is 6.92 Å². The standard InChI is InChI=1S/C23H32N4O/c1-4-26-17-23(12-10-22(26)28)11-7-13-25(16-23)15-20-8-5-6-9-21(20)27-19(3)14-18(2)24-27/h5-6,8-9,14H,4,7,10-13,15-17H2,1-3H3. The van der Waals surface area contributed by atoms with Crippen LogP contribution in [-0.2, 0) is 11.3 Å². The minimum Gasteiger partial charge on any atom is -0.342 e. The highest BCUT2D eigenvalue weighted by atomic mass is 16.2. The van der Waals surface area contributed by atoms with Gasteiger partial charge in [0, 0.05) is 43.7 Å². The van der Waals surface area contributed by atoms with Crippen LogP contribution in [0.2, 0.25) is 0 Å². The summed E-state index contributed by atoms with van der Waals surface area (Å²) in [6.07, 6.45) is 4.21. The van der Waals surface area contributed by atoms with Crippen LogP contribution in [0.5, 0.6) is 0 Å². The van der Waals surface area contributed by atoms with Crippen LogP contribution in [0.4, 0.5) is 0 Å². The third kappa shape index (κ3) is 3.72. The summed E-state index contributed by atoms with van der Waals surface area (Å²) in [6.45, 7) is 11.2. The summed E-state index contributed by atoms with van der Waals surface area (Å²) in [5, 5.41) is 4.70. The van der Waals surface area contributed by atoms with Gasteiger partial charge < -0.3 is 4.90 Å². The lowest BCUT2D eigenvalue weighted by atomic mass is 9.73. The first-order valence-electron chi connectivity index (χ1n) is 10.6. The van der Waals surface area contributed by atoms with Gasteiger partial charge in [0.2, 0.25) is 5.91 Å². The van der Waals surface area contributed by atoms with Gasteiger partial charge in [-0.3, -0.25) is 9.69 Å². The van der Waals surface area contributed by atoms with Crippen LogP contribution in [0, 0.1) is 19.3 Å². The molecular weight excluding hydrogens is 348 g/mol. The molecule has 0 bridgehead atoms. The maximum Gasteiger partial charge on any atom is 0.222 e. The number of carbonyl (C=O) groups excluding carboxylic acids is 1. The van der Waals surface area contributed by atoms with Gasteiger partial charge in [-0.05, 0) is 64.3 Å². The Labute approximate surface area is 168 Å². The average Bonchev–Trinajstić information content (AvgIpc) is 3.02. The van der Waals surface area contributed by atoms with Crippen molar-refractivity contribution in [3.63, 3.8) is 0 Å². The van der Waals surface area contributed by atoms with Crippen molar-refractivity contribution < 1.29 is 4.79 Å². The monoisotopic (exact) mass is 380 g/mol. The summed E-state index contributed by atoms with van der Waals surface area (Å²) in [7, 11) is 0.